The molecule has 1 aromatic heterocycles. The lowest BCUT2D eigenvalue weighted by Gasteiger charge is -2.29. The quantitative estimate of drug-likeness (QED) is 0.922. The number of furan rings is 1. The lowest BCUT2D eigenvalue weighted by atomic mass is 10.1. The van der Waals surface area contributed by atoms with Gasteiger partial charge in [-0.2, -0.15) is 0 Å². The van der Waals surface area contributed by atoms with E-state index < -0.39 is 0 Å². The molecule has 1 fully saturated rings. The molecular formula is C11H16BrNO3. The molecule has 90 valence electrons. The summed E-state index contributed by atoms with van der Waals surface area (Å²) in [5, 5.41) is 3.36. The summed E-state index contributed by atoms with van der Waals surface area (Å²) < 4.78 is 17.4. The molecule has 0 spiro atoms. The minimum Gasteiger partial charge on any atom is -0.453 e. The van der Waals surface area contributed by atoms with Crippen molar-refractivity contribution >= 4 is 15.9 Å². The van der Waals surface area contributed by atoms with Gasteiger partial charge < -0.3 is 19.2 Å². The highest BCUT2D eigenvalue weighted by molar-refractivity contribution is 9.10. The zero-order chi connectivity index (χ0) is 11.4. The minimum atomic E-state index is 0.0201. The number of hydrogen-bond acceptors (Lipinski definition) is 4. The SMILES string of the molecule is CCNC(c1ccc(Br)o1)C1COCCO1. The van der Waals surface area contributed by atoms with E-state index in [9.17, 15) is 0 Å². The molecule has 1 saturated heterocycles. The molecule has 1 aromatic rings. The summed E-state index contributed by atoms with van der Waals surface area (Å²) >= 11 is 3.31. The van der Waals surface area contributed by atoms with E-state index in [1.165, 1.54) is 0 Å². The minimum absolute atomic E-state index is 0.0201. The number of nitrogens with one attached hydrogen (secondary N) is 1. The third-order valence-corrected chi connectivity index (χ3v) is 2.96. The van der Waals surface area contributed by atoms with Crippen molar-refractivity contribution in [3.05, 3.63) is 22.6 Å². The first-order chi connectivity index (χ1) is 7.81. The molecule has 2 unspecified atom stereocenters. The predicted molar refractivity (Wildman–Crippen MR) is 63.4 cm³/mol. The molecule has 0 bridgehead atoms. The first-order valence-corrected chi connectivity index (χ1v) is 6.28. The summed E-state index contributed by atoms with van der Waals surface area (Å²) in [4.78, 5) is 0. The van der Waals surface area contributed by atoms with Crippen LogP contribution in [-0.2, 0) is 9.47 Å². The van der Waals surface area contributed by atoms with E-state index in [0.717, 1.165) is 17.0 Å². The molecule has 5 heteroatoms. The highest BCUT2D eigenvalue weighted by atomic mass is 79.9. The van der Waals surface area contributed by atoms with Crippen LogP contribution in [0.4, 0.5) is 0 Å². The maximum atomic E-state index is 5.69. The van der Waals surface area contributed by atoms with Crippen molar-refractivity contribution in [2.45, 2.75) is 19.1 Å². The maximum Gasteiger partial charge on any atom is 0.169 e. The lowest BCUT2D eigenvalue weighted by molar-refractivity contribution is -0.104. The molecule has 0 amide bonds. The normalized spacial score (nSPS) is 23.2. The number of ether oxygens (including phenoxy) is 2. The van der Waals surface area contributed by atoms with E-state index in [-0.39, 0.29) is 12.1 Å². The molecule has 2 atom stereocenters. The highest BCUT2D eigenvalue weighted by Crippen LogP contribution is 2.25. The first-order valence-electron chi connectivity index (χ1n) is 5.49. The molecule has 2 heterocycles. The molecule has 0 radical (unpaired) electrons. The molecule has 1 aliphatic rings. The molecule has 1 aliphatic heterocycles. The lowest BCUT2D eigenvalue weighted by Crippen LogP contribution is -2.40. The Hall–Kier alpha value is -0.360. The van der Waals surface area contributed by atoms with E-state index >= 15 is 0 Å². The van der Waals surface area contributed by atoms with Gasteiger partial charge in [-0.15, -0.1) is 0 Å². The van der Waals surface area contributed by atoms with Gasteiger partial charge in [0.05, 0.1) is 25.9 Å². The van der Waals surface area contributed by atoms with Crippen LogP contribution in [0, 0.1) is 0 Å². The number of halogens is 1. The Kier molecular flexibility index (Phi) is 4.40. The Labute approximate surface area is 103 Å². The number of likely N-dealkylation sites (N-methyl/N-ethyl adjacent to an activating group) is 1. The van der Waals surface area contributed by atoms with Gasteiger partial charge in [-0.3, -0.25) is 0 Å². The zero-order valence-corrected chi connectivity index (χ0v) is 10.8. The van der Waals surface area contributed by atoms with E-state index in [1.807, 2.05) is 12.1 Å². The van der Waals surface area contributed by atoms with Gasteiger partial charge in [0.25, 0.3) is 0 Å². The summed E-state index contributed by atoms with van der Waals surface area (Å²) in [7, 11) is 0. The molecule has 2 rings (SSSR count). The maximum absolute atomic E-state index is 5.69. The van der Waals surface area contributed by atoms with Gasteiger partial charge >= 0.3 is 0 Å². The van der Waals surface area contributed by atoms with E-state index in [1.54, 1.807) is 0 Å². The summed E-state index contributed by atoms with van der Waals surface area (Å²) in [6.45, 7) is 4.86. The van der Waals surface area contributed by atoms with E-state index in [4.69, 9.17) is 13.9 Å². The Morgan fingerprint density at radius 3 is 2.94 bits per heavy atom. The van der Waals surface area contributed by atoms with Gasteiger partial charge in [-0.05, 0) is 34.6 Å². The summed E-state index contributed by atoms with van der Waals surface area (Å²) in [6.07, 6.45) is 0.0201. The number of hydrogen-bond donors (Lipinski definition) is 1. The van der Waals surface area contributed by atoms with Crippen LogP contribution in [0.25, 0.3) is 0 Å². The monoisotopic (exact) mass is 289 g/mol. The van der Waals surface area contributed by atoms with Gasteiger partial charge in [0.2, 0.25) is 0 Å². The predicted octanol–water partition coefficient (Wildman–Crippen LogP) is 2.11. The first kappa shape index (κ1) is 12.1. The third kappa shape index (κ3) is 2.85. The second kappa shape index (κ2) is 5.82. The van der Waals surface area contributed by atoms with Crippen molar-refractivity contribution in [2.75, 3.05) is 26.4 Å². The standard InChI is InChI=1S/C11H16BrNO3/c1-2-13-11(8-3-4-10(12)16-8)9-7-14-5-6-15-9/h3-4,9,11,13H,2,5-7H2,1H3. The Morgan fingerprint density at radius 2 is 2.38 bits per heavy atom. The van der Waals surface area contributed by atoms with Gasteiger partial charge in [0.15, 0.2) is 4.67 Å². The van der Waals surface area contributed by atoms with Crippen LogP contribution in [0.15, 0.2) is 21.2 Å². The molecule has 0 aliphatic carbocycles. The largest absolute Gasteiger partial charge is 0.453 e. The van der Waals surface area contributed by atoms with Gasteiger partial charge in [0.1, 0.15) is 11.9 Å². The van der Waals surface area contributed by atoms with Crippen LogP contribution in [0.2, 0.25) is 0 Å². The van der Waals surface area contributed by atoms with Crippen LogP contribution in [0.1, 0.15) is 18.7 Å². The van der Waals surface area contributed by atoms with Gasteiger partial charge in [0, 0.05) is 0 Å². The molecule has 4 nitrogen and oxygen atoms in total. The van der Waals surface area contributed by atoms with E-state index in [0.29, 0.717) is 19.8 Å². The molecule has 0 aromatic carbocycles. The Bertz CT molecular complexity index is 323. The van der Waals surface area contributed by atoms with Crippen LogP contribution in [0.5, 0.6) is 0 Å². The van der Waals surface area contributed by atoms with Crippen molar-refractivity contribution < 1.29 is 13.9 Å². The third-order valence-electron chi connectivity index (χ3n) is 2.54. The van der Waals surface area contributed by atoms with Crippen LogP contribution in [0.3, 0.4) is 0 Å². The molecule has 16 heavy (non-hydrogen) atoms. The van der Waals surface area contributed by atoms with Crippen molar-refractivity contribution in [1.82, 2.24) is 5.32 Å². The topological polar surface area (TPSA) is 43.6 Å². The fourth-order valence-electron chi connectivity index (χ4n) is 1.83. The fraction of sp³-hybridized carbons (Fsp3) is 0.636. The van der Waals surface area contributed by atoms with E-state index in [2.05, 4.69) is 28.2 Å². The van der Waals surface area contributed by atoms with Crippen LogP contribution >= 0.6 is 15.9 Å². The molecule has 0 saturated carbocycles. The average molecular weight is 290 g/mol. The van der Waals surface area contributed by atoms with Crippen molar-refractivity contribution in [1.29, 1.82) is 0 Å². The Morgan fingerprint density at radius 1 is 1.50 bits per heavy atom. The summed E-state index contributed by atoms with van der Waals surface area (Å²) in [5.41, 5.74) is 0. The highest BCUT2D eigenvalue weighted by Gasteiger charge is 2.28. The summed E-state index contributed by atoms with van der Waals surface area (Å²) in [5.74, 6) is 0.879. The van der Waals surface area contributed by atoms with Crippen molar-refractivity contribution in [3.63, 3.8) is 0 Å². The van der Waals surface area contributed by atoms with Crippen LogP contribution in [-0.4, -0.2) is 32.5 Å². The second-order valence-electron chi connectivity index (χ2n) is 3.66. The van der Waals surface area contributed by atoms with Crippen molar-refractivity contribution in [2.24, 2.45) is 0 Å². The van der Waals surface area contributed by atoms with Gasteiger partial charge in [-0.1, -0.05) is 6.92 Å². The van der Waals surface area contributed by atoms with Crippen molar-refractivity contribution in [3.8, 4) is 0 Å². The Balaban J connectivity index is 2.09. The second-order valence-corrected chi connectivity index (χ2v) is 4.44. The fourth-order valence-corrected chi connectivity index (χ4v) is 2.15. The average Bonchev–Trinajstić information content (AvgIpc) is 2.74. The molecular weight excluding hydrogens is 274 g/mol. The smallest absolute Gasteiger partial charge is 0.169 e. The number of rotatable bonds is 4. The zero-order valence-electron chi connectivity index (χ0n) is 9.24. The van der Waals surface area contributed by atoms with Gasteiger partial charge in [-0.25, -0.2) is 0 Å². The van der Waals surface area contributed by atoms with Crippen LogP contribution < -0.4 is 5.32 Å². The molecule has 1 N–H and O–H groups in total. The summed E-state index contributed by atoms with van der Waals surface area (Å²) in [6, 6.07) is 3.90.